The number of nitro groups is 1. The van der Waals surface area contributed by atoms with Crippen LogP contribution in [0, 0.1) is 15.9 Å². The second-order valence-electron chi connectivity index (χ2n) is 3.74. The quantitative estimate of drug-likeness (QED) is 0.649. The van der Waals surface area contributed by atoms with E-state index >= 15 is 0 Å². The fourth-order valence-corrected chi connectivity index (χ4v) is 2.09. The summed E-state index contributed by atoms with van der Waals surface area (Å²) in [5.41, 5.74) is 1.02. The van der Waals surface area contributed by atoms with Crippen LogP contribution in [-0.4, -0.2) is 21.0 Å². The van der Waals surface area contributed by atoms with Crippen molar-refractivity contribution >= 4 is 28.7 Å². The van der Waals surface area contributed by atoms with Crippen molar-refractivity contribution < 1.29 is 19.2 Å². The lowest BCUT2D eigenvalue weighted by molar-refractivity contribution is -0.384. The third-order valence-electron chi connectivity index (χ3n) is 2.46. The van der Waals surface area contributed by atoms with Crippen LogP contribution in [0.5, 0.6) is 0 Å². The van der Waals surface area contributed by atoms with Crippen molar-refractivity contribution in [3.8, 4) is 0 Å². The molecule has 0 aliphatic carbocycles. The highest BCUT2D eigenvalue weighted by Gasteiger charge is 2.21. The number of benzene rings is 1. The highest BCUT2D eigenvalue weighted by Crippen LogP contribution is 2.28. The molecule has 20 heavy (non-hydrogen) atoms. The van der Waals surface area contributed by atoms with Crippen LogP contribution in [0.3, 0.4) is 0 Å². The average Bonchev–Trinajstić information content (AvgIpc) is 2.89. The standard InChI is InChI=1S/C11H8FN3O4S/c12-8-2-10(15(18)19)9(1-7(8)11(16)17)13-3-6-4-20-5-14-6/h1-2,4-5,13H,3H2,(H,16,17). The highest BCUT2D eigenvalue weighted by atomic mass is 32.1. The molecule has 7 nitrogen and oxygen atoms in total. The number of carboxylic acid groups (broad SMARTS) is 1. The van der Waals surface area contributed by atoms with Crippen molar-refractivity contribution in [1.29, 1.82) is 0 Å². The number of nitrogens with one attached hydrogen (secondary N) is 1. The van der Waals surface area contributed by atoms with E-state index in [1.165, 1.54) is 11.3 Å². The van der Waals surface area contributed by atoms with Crippen molar-refractivity contribution in [2.45, 2.75) is 6.54 Å². The molecule has 1 aromatic carbocycles. The minimum atomic E-state index is -1.49. The number of halogens is 1. The van der Waals surface area contributed by atoms with Gasteiger partial charge in [-0.25, -0.2) is 14.2 Å². The number of anilines is 1. The van der Waals surface area contributed by atoms with Gasteiger partial charge in [0.2, 0.25) is 0 Å². The minimum Gasteiger partial charge on any atom is -0.478 e. The molecule has 0 fully saturated rings. The molecule has 2 N–H and O–H groups in total. The van der Waals surface area contributed by atoms with Crippen LogP contribution in [0.1, 0.15) is 16.1 Å². The molecule has 9 heteroatoms. The SMILES string of the molecule is O=C(O)c1cc(NCc2cscn2)c([N+](=O)[O-])cc1F. The summed E-state index contributed by atoms with van der Waals surface area (Å²) in [5, 5.41) is 24.1. The minimum absolute atomic E-state index is 0.0678. The van der Waals surface area contributed by atoms with E-state index in [9.17, 15) is 19.3 Å². The monoisotopic (exact) mass is 297 g/mol. The first kappa shape index (κ1) is 13.9. The Hall–Kier alpha value is -2.55. The smallest absolute Gasteiger partial charge is 0.338 e. The number of carbonyl (C=O) groups is 1. The van der Waals surface area contributed by atoms with Gasteiger partial charge >= 0.3 is 5.97 Å². The van der Waals surface area contributed by atoms with Gasteiger partial charge in [-0.2, -0.15) is 0 Å². The predicted molar refractivity (Wildman–Crippen MR) is 69.5 cm³/mol. The van der Waals surface area contributed by atoms with Crippen molar-refractivity contribution in [1.82, 2.24) is 4.98 Å². The first-order valence-electron chi connectivity index (χ1n) is 5.31. The summed E-state index contributed by atoms with van der Waals surface area (Å²) in [6, 6.07) is 1.50. The normalized spacial score (nSPS) is 10.2. The Kier molecular flexibility index (Phi) is 3.89. The lowest BCUT2D eigenvalue weighted by Crippen LogP contribution is -2.07. The Morgan fingerprint density at radius 3 is 2.85 bits per heavy atom. The third-order valence-corrected chi connectivity index (χ3v) is 3.09. The van der Waals surface area contributed by atoms with Crippen molar-refractivity contribution in [2.75, 3.05) is 5.32 Å². The van der Waals surface area contributed by atoms with Crippen LogP contribution in [-0.2, 0) is 6.54 Å². The van der Waals surface area contributed by atoms with Crippen LogP contribution in [0.15, 0.2) is 23.0 Å². The van der Waals surface area contributed by atoms with Gasteiger partial charge < -0.3 is 10.4 Å². The van der Waals surface area contributed by atoms with Crippen molar-refractivity contribution in [3.05, 3.63) is 50.2 Å². The van der Waals surface area contributed by atoms with Crippen LogP contribution in [0.4, 0.5) is 15.8 Å². The van der Waals surface area contributed by atoms with Gasteiger partial charge in [-0.1, -0.05) is 0 Å². The summed E-state index contributed by atoms with van der Waals surface area (Å²) in [7, 11) is 0. The van der Waals surface area contributed by atoms with Gasteiger partial charge in [0.05, 0.1) is 34.3 Å². The van der Waals surface area contributed by atoms with E-state index in [-0.39, 0.29) is 12.2 Å². The van der Waals surface area contributed by atoms with E-state index in [0.29, 0.717) is 11.8 Å². The van der Waals surface area contributed by atoms with Gasteiger partial charge in [-0.3, -0.25) is 10.1 Å². The maximum absolute atomic E-state index is 13.4. The maximum atomic E-state index is 13.4. The molecular weight excluding hydrogens is 289 g/mol. The number of aromatic carboxylic acids is 1. The highest BCUT2D eigenvalue weighted by molar-refractivity contribution is 7.07. The second kappa shape index (κ2) is 5.61. The summed E-state index contributed by atoms with van der Waals surface area (Å²) in [4.78, 5) is 24.9. The van der Waals surface area contributed by atoms with Gasteiger partial charge in [0.25, 0.3) is 5.69 Å². The van der Waals surface area contributed by atoms with Gasteiger partial charge in [0.1, 0.15) is 11.5 Å². The Balaban J connectivity index is 2.35. The van der Waals surface area contributed by atoms with Crippen LogP contribution < -0.4 is 5.32 Å². The molecule has 0 saturated carbocycles. The number of aromatic nitrogens is 1. The number of nitro benzene ring substituents is 1. The second-order valence-corrected chi connectivity index (χ2v) is 4.46. The number of hydrogen-bond donors (Lipinski definition) is 2. The molecule has 0 radical (unpaired) electrons. The molecule has 2 rings (SSSR count). The topological polar surface area (TPSA) is 105 Å². The molecule has 0 amide bonds. The summed E-state index contributed by atoms with van der Waals surface area (Å²) in [5.74, 6) is -2.64. The van der Waals surface area contributed by atoms with Crippen LogP contribution in [0.25, 0.3) is 0 Å². The largest absolute Gasteiger partial charge is 0.478 e. The van der Waals surface area contributed by atoms with Gasteiger partial charge in [0.15, 0.2) is 0 Å². The van der Waals surface area contributed by atoms with Gasteiger partial charge in [-0.15, -0.1) is 11.3 Å². The fourth-order valence-electron chi connectivity index (χ4n) is 1.53. The lowest BCUT2D eigenvalue weighted by Gasteiger charge is -2.07. The third kappa shape index (κ3) is 2.88. The number of thiazole rings is 1. The Morgan fingerprint density at radius 2 is 2.30 bits per heavy atom. The first-order chi connectivity index (χ1) is 9.49. The molecule has 0 saturated heterocycles. The number of nitrogens with zero attached hydrogens (tertiary/aromatic N) is 2. The Labute approximate surface area is 115 Å². The first-order valence-corrected chi connectivity index (χ1v) is 6.25. The number of hydrogen-bond acceptors (Lipinski definition) is 6. The Bertz CT molecular complexity index is 660. The van der Waals surface area contributed by atoms with E-state index < -0.39 is 28.0 Å². The molecule has 0 atom stereocenters. The van der Waals surface area contributed by atoms with E-state index in [0.717, 1.165) is 6.07 Å². The zero-order valence-corrected chi connectivity index (χ0v) is 10.7. The summed E-state index contributed by atoms with van der Waals surface area (Å²) in [6.45, 7) is 0.176. The Morgan fingerprint density at radius 1 is 1.55 bits per heavy atom. The molecule has 0 aliphatic heterocycles. The summed E-state index contributed by atoms with van der Waals surface area (Å²) in [6.07, 6.45) is 0. The molecule has 1 aromatic heterocycles. The van der Waals surface area contributed by atoms with Crippen molar-refractivity contribution in [3.63, 3.8) is 0 Å². The average molecular weight is 297 g/mol. The molecular formula is C11H8FN3O4S. The molecule has 0 spiro atoms. The molecule has 1 heterocycles. The maximum Gasteiger partial charge on any atom is 0.338 e. The predicted octanol–water partition coefficient (Wildman–Crippen LogP) is 2.50. The molecule has 2 aromatic rings. The molecule has 0 aliphatic rings. The zero-order valence-electron chi connectivity index (χ0n) is 9.87. The van der Waals surface area contributed by atoms with Gasteiger partial charge in [0, 0.05) is 5.38 Å². The zero-order chi connectivity index (χ0) is 14.7. The van der Waals surface area contributed by atoms with E-state index in [1.807, 2.05) is 0 Å². The molecule has 0 bridgehead atoms. The van der Waals surface area contributed by atoms with Gasteiger partial charge in [-0.05, 0) is 6.07 Å². The van der Waals surface area contributed by atoms with E-state index in [2.05, 4.69) is 10.3 Å². The van der Waals surface area contributed by atoms with Crippen molar-refractivity contribution in [2.24, 2.45) is 0 Å². The summed E-state index contributed by atoms with van der Waals surface area (Å²) >= 11 is 1.36. The fraction of sp³-hybridized carbons (Fsp3) is 0.0909. The lowest BCUT2D eigenvalue weighted by atomic mass is 10.1. The summed E-state index contributed by atoms with van der Waals surface area (Å²) < 4.78 is 13.4. The van der Waals surface area contributed by atoms with Crippen LogP contribution >= 0.6 is 11.3 Å². The van der Waals surface area contributed by atoms with Crippen LogP contribution in [0.2, 0.25) is 0 Å². The van der Waals surface area contributed by atoms with E-state index in [1.54, 1.807) is 10.9 Å². The molecule has 104 valence electrons. The molecule has 0 unspecified atom stereocenters. The number of carboxylic acids is 1. The number of rotatable bonds is 5. The van der Waals surface area contributed by atoms with E-state index in [4.69, 9.17) is 5.11 Å².